The first-order valence-corrected chi connectivity index (χ1v) is 7.05. The molecule has 0 aromatic heterocycles. The van der Waals surface area contributed by atoms with Gasteiger partial charge in [0.25, 0.3) is 5.91 Å². The number of amides is 2. The van der Waals surface area contributed by atoms with Gasteiger partial charge in [-0.1, -0.05) is 19.1 Å². The minimum absolute atomic E-state index is 0.0730. The van der Waals surface area contributed by atoms with Crippen molar-refractivity contribution in [2.24, 2.45) is 0 Å². The highest BCUT2D eigenvalue weighted by Crippen LogP contribution is 2.16. The van der Waals surface area contributed by atoms with Crippen LogP contribution in [0.1, 0.15) is 30.1 Å². The van der Waals surface area contributed by atoms with Gasteiger partial charge in [0.1, 0.15) is 5.82 Å². The average molecular weight is 300 g/mol. The van der Waals surface area contributed by atoms with Crippen LogP contribution in [0.2, 0.25) is 0 Å². The predicted molar refractivity (Wildman–Crippen MR) is 84.3 cm³/mol. The Morgan fingerprint density at radius 2 is 1.68 bits per heavy atom. The molecular weight excluding hydrogens is 283 g/mol. The third kappa shape index (κ3) is 4.41. The Kier molecular flexibility index (Phi) is 5.25. The number of carbonyl (C=O) groups excluding carboxylic acids is 2. The van der Waals surface area contributed by atoms with E-state index in [1.165, 1.54) is 24.3 Å². The maximum atomic E-state index is 13.1. The highest BCUT2D eigenvalue weighted by Gasteiger charge is 2.08. The molecule has 2 rings (SSSR count). The number of benzene rings is 2. The highest BCUT2D eigenvalue weighted by atomic mass is 19.1. The molecule has 0 bridgehead atoms. The molecule has 114 valence electrons. The van der Waals surface area contributed by atoms with Gasteiger partial charge in [0, 0.05) is 23.4 Å². The molecule has 5 heteroatoms. The molecule has 0 aliphatic carbocycles. The lowest BCUT2D eigenvalue weighted by atomic mass is 10.2. The molecule has 0 saturated heterocycles. The van der Waals surface area contributed by atoms with Crippen LogP contribution in [0.4, 0.5) is 15.8 Å². The average Bonchev–Trinajstić information content (AvgIpc) is 2.47. The van der Waals surface area contributed by atoms with E-state index in [-0.39, 0.29) is 11.5 Å². The fourth-order valence-corrected chi connectivity index (χ4v) is 1.96. The van der Waals surface area contributed by atoms with Gasteiger partial charge in [0.05, 0.1) is 0 Å². The normalized spacial score (nSPS) is 10.1. The Bertz CT molecular complexity index is 686. The Morgan fingerprint density at radius 1 is 1.00 bits per heavy atom. The third-order valence-electron chi connectivity index (χ3n) is 2.97. The van der Waals surface area contributed by atoms with E-state index in [0.717, 1.165) is 6.42 Å². The van der Waals surface area contributed by atoms with Gasteiger partial charge in [-0.2, -0.15) is 0 Å². The van der Waals surface area contributed by atoms with Crippen LogP contribution in [0.5, 0.6) is 0 Å². The van der Waals surface area contributed by atoms with Crippen molar-refractivity contribution < 1.29 is 14.0 Å². The summed E-state index contributed by atoms with van der Waals surface area (Å²) in [5.74, 6) is -0.944. The zero-order valence-corrected chi connectivity index (χ0v) is 12.2. The number of rotatable bonds is 5. The maximum Gasteiger partial charge on any atom is 0.255 e. The summed E-state index contributed by atoms with van der Waals surface area (Å²) in [5.41, 5.74) is 1.37. The lowest BCUT2D eigenvalue weighted by Crippen LogP contribution is -2.13. The molecule has 2 N–H and O–H groups in total. The van der Waals surface area contributed by atoms with E-state index in [4.69, 9.17) is 0 Å². The molecular formula is C17H17FN2O2. The van der Waals surface area contributed by atoms with Crippen LogP contribution in [-0.2, 0) is 4.79 Å². The second kappa shape index (κ2) is 7.36. The molecule has 0 heterocycles. The molecule has 0 spiro atoms. The summed E-state index contributed by atoms with van der Waals surface area (Å²) >= 11 is 0. The Labute approximate surface area is 128 Å². The second-order valence-corrected chi connectivity index (χ2v) is 4.84. The molecule has 0 aliphatic heterocycles. The molecule has 0 atom stereocenters. The Hall–Kier alpha value is -2.69. The molecule has 0 fully saturated rings. The molecule has 0 radical (unpaired) electrons. The van der Waals surface area contributed by atoms with Crippen molar-refractivity contribution in [2.75, 3.05) is 10.6 Å². The fraction of sp³-hybridized carbons (Fsp3) is 0.176. The SMILES string of the molecule is CCCC(=O)Nc1cccc(NC(=O)c2cccc(F)c2)c1. The van der Waals surface area contributed by atoms with Crippen molar-refractivity contribution in [1.29, 1.82) is 0 Å². The largest absolute Gasteiger partial charge is 0.326 e. The van der Waals surface area contributed by atoms with Crippen molar-refractivity contribution in [3.63, 3.8) is 0 Å². The van der Waals surface area contributed by atoms with Crippen LogP contribution in [0, 0.1) is 5.82 Å². The first-order valence-electron chi connectivity index (χ1n) is 7.05. The minimum atomic E-state index is -0.465. The molecule has 2 aromatic carbocycles. The number of hydrogen-bond acceptors (Lipinski definition) is 2. The number of nitrogens with one attached hydrogen (secondary N) is 2. The summed E-state index contributed by atoms with van der Waals surface area (Å²) in [4.78, 5) is 23.6. The van der Waals surface area contributed by atoms with Crippen molar-refractivity contribution in [3.8, 4) is 0 Å². The van der Waals surface area contributed by atoms with E-state index < -0.39 is 11.7 Å². The molecule has 0 unspecified atom stereocenters. The van der Waals surface area contributed by atoms with Crippen LogP contribution in [0.3, 0.4) is 0 Å². The monoisotopic (exact) mass is 300 g/mol. The van der Waals surface area contributed by atoms with Crippen molar-refractivity contribution in [1.82, 2.24) is 0 Å². The van der Waals surface area contributed by atoms with Gasteiger partial charge in [0.15, 0.2) is 0 Å². The van der Waals surface area contributed by atoms with Gasteiger partial charge < -0.3 is 10.6 Å². The summed E-state index contributed by atoms with van der Waals surface area (Å²) in [5, 5.41) is 5.43. The van der Waals surface area contributed by atoms with Gasteiger partial charge >= 0.3 is 0 Å². The van der Waals surface area contributed by atoms with Gasteiger partial charge in [-0.25, -0.2) is 4.39 Å². The lowest BCUT2D eigenvalue weighted by Gasteiger charge is -2.09. The van der Waals surface area contributed by atoms with Gasteiger partial charge in [-0.15, -0.1) is 0 Å². The van der Waals surface area contributed by atoms with E-state index in [9.17, 15) is 14.0 Å². The van der Waals surface area contributed by atoms with Gasteiger partial charge in [-0.3, -0.25) is 9.59 Å². The molecule has 0 saturated carbocycles. The summed E-state index contributed by atoms with van der Waals surface area (Å²) in [6.07, 6.45) is 1.21. The van der Waals surface area contributed by atoms with Crippen LogP contribution < -0.4 is 10.6 Å². The van der Waals surface area contributed by atoms with Gasteiger partial charge in [-0.05, 0) is 42.8 Å². The predicted octanol–water partition coefficient (Wildman–Crippen LogP) is 3.82. The number of anilines is 2. The quantitative estimate of drug-likeness (QED) is 0.882. The van der Waals surface area contributed by atoms with Crippen LogP contribution >= 0.6 is 0 Å². The summed E-state index contributed by atoms with van der Waals surface area (Å²) in [6, 6.07) is 12.3. The lowest BCUT2D eigenvalue weighted by molar-refractivity contribution is -0.116. The Morgan fingerprint density at radius 3 is 2.36 bits per heavy atom. The summed E-state index contributed by atoms with van der Waals surface area (Å²) in [6.45, 7) is 1.93. The van der Waals surface area contributed by atoms with Crippen molar-refractivity contribution in [2.45, 2.75) is 19.8 Å². The minimum Gasteiger partial charge on any atom is -0.326 e. The number of carbonyl (C=O) groups is 2. The van der Waals surface area contributed by atoms with Crippen LogP contribution in [0.25, 0.3) is 0 Å². The smallest absolute Gasteiger partial charge is 0.255 e. The zero-order chi connectivity index (χ0) is 15.9. The fourth-order valence-electron chi connectivity index (χ4n) is 1.96. The van der Waals surface area contributed by atoms with E-state index in [2.05, 4.69) is 10.6 Å². The highest BCUT2D eigenvalue weighted by molar-refractivity contribution is 6.04. The molecule has 0 aliphatic rings. The van der Waals surface area contributed by atoms with Crippen molar-refractivity contribution in [3.05, 3.63) is 59.9 Å². The van der Waals surface area contributed by atoms with E-state index in [0.29, 0.717) is 17.8 Å². The molecule has 22 heavy (non-hydrogen) atoms. The number of hydrogen-bond donors (Lipinski definition) is 2. The van der Waals surface area contributed by atoms with E-state index in [1.807, 2.05) is 6.92 Å². The summed E-state index contributed by atoms with van der Waals surface area (Å²) < 4.78 is 13.1. The van der Waals surface area contributed by atoms with E-state index >= 15 is 0 Å². The van der Waals surface area contributed by atoms with Crippen molar-refractivity contribution >= 4 is 23.2 Å². The molecule has 2 amide bonds. The third-order valence-corrected chi connectivity index (χ3v) is 2.97. The first-order chi connectivity index (χ1) is 10.6. The number of halogens is 1. The second-order valence-electron chi connectivity index (χ2n) is 4.84. The van der Waals surface area contributed by atoms with E-state index in [1.54, 1.807) is 24.3 Å². The molecule has 4 nitrogen and oxygen atoms in total. The summed E-state index contributed by atoms with van der Waals surface area (Å²) in [7, 11) is 0. The zero-order valence-electron chi connectivity index (χ0n) is 12.2. The van der Waals surface area contributed by atoms with Crippen LogP contribution in [0.15, 0.2) is 48.5 Å². The topological polar surface area (TPSA) is 58.2 Å². The standard InChI is InChI=1S/C17H17FN2O2/c1-2-5-16(21)19-14-8-4-9-15(11-14)20-17(22)12-6-3-7-13(18)10-12/h3-4,6-11H,2,5H2,1H3,(H,19,21)(H,20,22). The first kappa shape index (κ1) is 15.7. The Balaban J connectivity index is 2.07. The molecule has 2 aromatic rings. The van der Waals surface area contributed by atoms with Crippen LogP contribution in [-0.4, -0.2) is 11.8 Å². The van der Waals surface area contributed by atoms with Gasteiger partial charge in [0.2, 0.25) is 5.91 Å². The maximum absolute atomic E-state index is 13.1.